The van der Waals surface area contributed by atoms with E-state index in [0.29, 0.717) is 25.6 Å². The maximum absolute atomic E-state index is 12.2. The van der Waals surface area contributed by atoms with Crippen molar-refractivity contribution in [2.45, 2.75) is 38.5 Å². The lowest BCUT2D eigenvalue weighted by atomic mass is 10.1. The van der Waals surface area contributed by atoms with Crippen molar-refractivity contribution in [3.63, 3.8) is 0 Å². The Morgan fingerprint density at radius 2 is 2.24 bits per heavy atom. The highest BCUT2D eigenvalue weighted by Crippen LogP contribution is 2.17. The summed E-state index contributed by atoms with van der Waals surface area (Å²) < 4.78 is 16.0. The second-order valence-electron chi connectivity index (χ2n) is 5.18. The summed E-state index contributed by atoms with van der Waals surface area (Å²) in [5.41, 5.74) is 6.24. The molecule has 2 rings (SSSR count). The molecule has 1 unspecified atom stereocenters. The van der Waals surface area contributed by atoms with E-state index in [1.165, 1.54) is 11.2 Å². The maximum atomic E-state index is 12.2. The van der Waals surface area contributed by atoms with E-state index in [1.807, 2.05) is 0 Å². The number of nitrogens with two attached hydrogens (primary N) is 1. The second kappa shape index (κ2) is 7.53. The van der Waals surface area contributed by atoms with Crippen molar-refractivity contribution < 1.29 is 18.7 Å². The number of rotatable bonds is 7. The largest absolute Gasteiger partial charge is 0.446 e. The molecule has 0 aromatic carbocycles. The van der Waals surface area contributed by atoms with Crippen molar-refractivity contribution in [3.8, 4) is 0 Å². The number of carbonyl (C=O) groups excluding carboxylic acids is 1. The third-order valence-corrected chi connectivity index (χ3v) is 3.39. The molecule has 1 amide bonds. The Balaban J connectivity index is 1.91. The van der Waals surface area contributed by atoms with Gasteiger partial charge in [0.1, 0.15) is 6.26 Å². The number of unbranched alkanes of at least 4 members (excludes halogenated alkanes) is 1. The Kier molecular flexibility index (Phi) is 5.72. The summed E-state index contributed by atoms with van der Waals surface area (Å²) in [4.78, 5) is 17.9. The minimum Gasteiger partial charge on any atom is -0.446 e. The molecular formula is C14H23N3O4. The lowest BCUT2D eigenvalue weighted by molar-refractivity contribution is -0.0543. The minimum absolute atomic E-state index is 0.230. The van der Waals surface area contributed by atoms with E-state index >= 15 is 0 Å². The van der Waals surface area contributed by atoms with Crippen LogP contribution in [-0.4, -0.2) is 48.9 Å². The standard InChI is InChI=1S/C14H23N3O4/c1-3-4-5-10(15)13-16-11(9-21-13)14(18)17(2)8-12-19-6-7-20-12/h9-10,12H,3-8,15H2,1-2H3. The Morgan fingerprint density at radius 3 is 2.90 bits per heavy atom. The van der Waals surface area contributed by atoms with Crippen LogP contribution in [-0.2, 0) is 9.47 Å². The van der Waals surface area contributed by atoms with E-state index in [0.717, 1.165) is 19.3 Å². The van der Waals surface area contributed by atoms with Crippen LogP contribution in [0.5, 0.6) is 0 Å². The molecule has 1 aromatic heterocycles. The summed E-state index contributed by atoms with van der Waals surface area (Å²) in [5, 5.41) is 0. The number of ether oxygens (including phenoxy) is 2. The van der Waals surface area contributed by atoms with Crippen LogP contribution in [0.3, 0.4) is 0 Å². The fourth-order valence-electron chi connectivity index (χ4n) is 2.12. The topological polar surface area (TPSA) is 90.8 Å². The van der Waals surface area contributed by atoms with Gasteiger partial charge >= 0.3 is 0 Å². The average molecular weight is 297 g/mol. The summed E-state index contributed by atoms with van der Waals surface area (Å²) in [5.74, 6) is 0.181. The van der Waals surface area contributed by atoms with Gasteiger partial charge in [0.05, 0.1) is 25.8 Å². The van der Waals surface area contributed by atoms with Crippen LogP contribution in [0.2, 0.25) is 0 Å². The van der Waals surface area contributed by atoms with Gasteiger partial charge in [-0.05, 0) is 6.42 Å². The average Bonchev–Trinajstić information content (AvgIpc) is 3.14. The van der Waals surface area contributed by atoms with Crippen LogP contribution in [0.4, 0.5) is 0 Å². The van der Waals surface area contributed by atoms with Crippen LogP contribution in [0.15, 0.2) is 10.7 Å². The van der Waals surface area contributed by atoms with Gasteiger partial charge in [-0.25, -0.2) is 4.98 Å². The Labute approximate surface area is 124 Å². The first-order chi connectivity index (χ1) is 10.1. The van der Waals surface area contributed by atoms with E-state index in [-0.39, 0.29) is 23.9 Å². The summed E-state index contributed by atoms with van der Waals surface area (Å²) in [6.45, 7) is 3.59. The van der Waals surface area contributed by atoms with Gasteiger partial charge in [0.25, 0.3) is 5.91 Å². The lowest BCUT2D eigenvalue weighted by Crippen LogP contribution is -2.35. The number of likely N-dealkylation sites (N-methyl/N-ethyl adjacent to an activating group) is 1. The molecule has 1 aliphatic heterocycles. The molecule has 7 heteroatoms. The summed E-state index contributed by atoms with van der Waals surface area (Å²) >= 11 is 0. The van der Waals surface area contributed by atoms with Crippen LogP contribution < -0.4 is 5.73 Å². The van der Waals surface area contributed by atoms with Crippen LogP contribution >= 0.6 is 0 Å². The van der Waals surface area contributed by atoms with Gasteiger partial charge in [0.2, 0.25) is 5.89 Å². The van der Waals surface area contributed by atoms with Gasteiger partial charge in [0, 0.05) is 7.05 Å². The molecule has 7 nitrogen and oxygen atoms in total. The highest BCUT2D eigenvalue weighted by molar-refractivity contribution is 5.91. The fourth-order valence-corrected chi connectivity index (χ4v) is 2.12. The van der Waals surface area contributed by atoms with Crippen molar-refractivity contribution >= 4 is 5.91 Å². The van der Waals surface area contributed by atoms with Crippen molar-refractivity contribution in [2.75, 3.05) is 26.8 Å². The molecule has 1 atom stereocenters. The van der Waals surface area contributed by atoms with E-state index in [9.17, 15) is 4.79 Å². The summed E-state index contributed by atoms with van der Waals surface area (Å²) in [6, 6.07) is -0.265. The first-order valence-corrected chi connectivity index (χ1v) is 7.31. The van der Waals surface area contributed by atoms with Crippen LogP contribution in [0.25, 0.3) is 0 Å². The zero-order valence-corrected chi connectivity index (χ0v) is 12.6. The Hall–Kier alpha value is -1.44. The molecule has 2 heterocycles. The predicted octanol–water partition coefficient (Wildman–Crippen LogP) is 1.31. The van der Waals surface area contributed by atoms with Gasteiger partial charge in [-0.2, -0.15) is 0 Å². The monoisotopic (exact) mass is 297 g/mol. The second-order valence-corrected chi connectivity index (χ2v) is 5.18. The lowest BCUT2D eigenvalue weighted by Gasteiger charge is -2.18. The number of carbonyl (C=O) groups is 1. The summed E-state index contributed by atoms with van der Waals surface area (Å²) in [6.07, 6.45) is 3.85. The molecule has 0 spiro atoms. The fraction of sp³-hybridized carbons (Fsp3) is 0.714. The number of nitrogens with zero attached hydrogens (tertiary/aromatic N) is 2. The first kappa shape index (κ1) is 15.9. The number of hydrogen-bond donors (Lipinski definition) is 1. The van der Waals surface area contributed by atoms with Gasteiger partial charge in [-0.15, -0.1) is 0 Å². The molecule has 118 valence electrons. The highest BCUT2D eigenvalue weighted by atomic mass is 16.7. The van der Waals surface area contributed by atoms with Crippen LogP contribution in [0.1, 0.15) is 48.6 Å². The highest BCUT2D eigenvalue weighted by Gasteiger charge is 2.24. The minimum atomic E-state index is -0.364. The third kappa shape index (κ3) is 4.26. The molecule has 2 N–H and O–H groups in total. The number of hydrogen-bond acceptors (Lipinski definition) is 6. The molecular weight excluding hydrogens is 274 g/mol. The predicted molar refractivity (Wildman–Crippen MR) is 75.6 cm³/mol. The Bertz CT molecular complexity index is 457. The number of amides is 1. The van der Waals surface area contributed by atoms with E-state index < -0.39 is 0 Å². The SMILES string of the molecule is CCCCC(N)c1nc(C(=O)N(C)CC2OCCO2)co1. The third-order valence-electron chi connectivity index (χ3n) is 3.39. The number of oxazole rings is 1. The molecule has 1 saturated heterocycles. The van der Waals surface area contributed by atoms with Gasteiger partial charge in [-0.3, -0.25) is 4.79 Å². The van der Waals surface area contributed by atoms with Crippen LogP contribution in [0, 0.1) is 0 Å². The molecule has 0 saturated carbocycles. The number of aromatic nitrogens is 1. The molecule has 0 radical (unpaired) electrons. The first-order valence-electron chi connectivity index (χ1n) is 7.31. The van der Waals surface area contributed by atoms with Gasteiger partial charge in [-0.1, -0.05) is 19.8 Å². The molecule has 1 fully saturated rings. The van der Waals surface area contributed by atoms with Gasteiger partial charge < -0.3 is 24.5 Å². The van der Waals surface area contributed by atoms with Crippen molar-refractivity contribution in [1.29, 1.82) is 0 Å². The van der Waals surface area contributed by atoms with Crippen molar-refractivity contribution in [1.82, 2.24) is 9.88 Å². The molecule has 1 aliphatic rings. The van der Waals surface area contributed by atoms with Crippen molar-refractivity contribution in [2.24, 2.45) is 5.73 Å². The van der Waals surface area contributed by atoms with E-state index in [4.69, 9.17) is 19.6 Å². The normalized spacial score (nSPS) is 17.1. The quantitative estimate of drug-likeness (QED) is 0.816. The molecule has 21 heavy (non-hydrogen) atoms. The zero-order valence-electron chi connectivity index (χ0n) is 12.6. The summed E-state index contributed by atoms with van der Waals surface area (Å²) in [7, 11) is 1.68. The molecule has 0 aliphatic carbocycles. The smallest absolute Gasteiger partial charge is 0.275 e. The molecule has 0 bridgehead atoms. The van der Waals surface area contributed by atoms with Gasteiger partial charge in [0.15, 0.2) is 12.0 Å². The Morgan fingerprint density at radius 1 is 1.52 bits per heavy atom. The van der Waals surface area contributed by atoms with E-state index in [2.05, 4.69) is 11.9 Å². The van der Waals surface area contributed by atoms with E-state index in [1.54, 1.807) is 7.05 Å². The molecule has 1 aromatic rings. The van der Waals surface area contributed by atoms with Crippen molar-refractivity contribution in [3.05, 3.63) is 17.8 Å². The maximum Gasteiger partial charge on any atom is 0.275 e. The zero-order chi connectivity index (χ0) is 15.2.